The van der Waals surface area contributed by atoms with Gasteiger partial charge >= 0.3 is 0 Å². The van der Waals surface area contributed by atoms with Gasteiger partial charge in [0.05, 0.1) is 15.6 Å². The van der Waals surface area contributed by atoms with Gasteiger partial charge in [-0.3, -0.25) is 4.79 Å². The SMILES string of the molecule is CCc1cnc(CCNc2ncc(C(=O)N3CCCCC3)cc2Cl)s1. The molecule has 0 aliphatic carbocycles. The largest absolute Gasteiger partial charge is 0.368 e. The molecule has 0 spiro atoms. The van der Waals surface area contributed by atoms with Crippen molar-refractivity contribution in [3.63, 3.8) is 0 Å². The molecule has 3 heterocycles. The molecule has 2 aromatic rings. The second-order valence-corrected chi connectivity index (χ2v) is 7.76. The summed E-state index contributed by atoms with van der Waals surface area (Å²) in [6.07, 6.45) is 8.74. The molecule has 0 radical (unpaired) electrons. The van der Waals surface area contributed by atoms with Gasteiger partial charge in [-0.05, 0) is 31.7 Å². The van der Waals surface area contributed by atoms with E-state index in [2.05, 4.69) is 22.2 Å². The Morgan fingerprint density at radius 1 is 1.28 bits per heavy atom. The lowest BCUT2D eigenvalue weighted by molar-refractivity contribution is 0.0724. The summed E-state index contributed by atoms with van der Waals surface area (Å²) in [6, 6.07) is 1.71. The third kappa shape index (κ3) is 4.70. The van der Waals surface area contributed by atoms with Crippen LogP contribution in [0, 0.1) is 0 Å². The molecule has 1 N–H and O–H groups in total. The first kappa shape index (κ1) is 18.1. The molecule has 1 saturated heterocycles. The molecular formula is C18H23ClN4OS. The fourth-order valence-corrected chi connectivity index (χ4v) is 3.97. The first-order chi connectivity index (χ1) is 12.2. The van der Waals surface area contributed by atoms with Crippen LogP contribution in [0.3, 0.4) is 0 Å². The Morgan fingerprint density at radius 3 is 2.76 bits per heavy atom. The molecule has 0 aromatic carbocycles. The van der Waals surface area contributed by atoms with Crippen molar-refractivity contribution in [2.75, 3.05) is 25.0 Å². The number of nitrogens with one attached hydrogen (secondary N) is 1. The molecule has 1 amide bonds. The van der Waals surface area contributed by atoms with Gasteiger partial charge in [0.15, 0.2) is 0 Å². The summed E-state index contributed by atoms with van der Waals surface area (Å²) < 4.78 is 0. The van der Waals surface area contributed by atoms with Gasteiger partial charge in [0, 0.05) is 43.3 Å². The molecule has 0 atom stereocenters. The molecule has 1 fully saturated rings. The average molecular weight is 379 g/mol. The van der Waals surface area contributed by atoms with Crippen molar-refractivity contribution in [1.29, 1.82) is 0 Å². The van der Waals surface area contributed by atoms with Crippen LogP contribution in [0.4, 0.5) is 5.82 Å². The molecule has 0 saturated carbocycles. The highest BCUT2D eigenvalue weighted by Crippen LogP contribution is 2.22. The number of pyridine rings is 1. The van der Waals surface area contributed by atoms with Crippen molar-refractivity contribution in [2.24, 2.45) is 0 Å². The predicted molar refractivity (Wildman–Crippen MR) is 103 cm³/mol. The van der Waals surface area contributed by atoms with E-state index in [1.807, 2.05) is 11.1 Å². The Balaban J connectivity index is 1.56. The van der Waals surface area contributed by atoms with E-state index in [-0.39, 0.29) is 5.91 Å². The number of likely N-dealkylation sites (tertiary alicyclic amines) is 1. The minimum absolute atomic E-state index is 0.0236. The Morgan fingerprint density at radius 2 is 2.08 bits per heavy atom. The van der Waals surface area contributed by atoms with Crippen molar-refractivity contribution in [2.45, 2.75) is 39.0 Å². The topological polar surface area (TPSA) is 58.1 Å². The van der Waals surface area contributed by atoms with E-state index in [0.29, 0.717) is 22.9 Å². The van der Waals surface area contributed by atoms with Crippen LogP contribution in [0.15, 0.2) is 18.5 Å². The molecule has 1 aliphatic rings. The van der Waals surface area contributed by atoms with Crippen LogP contribution in [0.25, 0.3) is 0 Å². The average Bonchev–Trinajstić information content (AvgIpc) is 3.11. The third-order valence-corrected chi connectivity index (χ3v) is 5.80. The van der Waals surface area contributed by atoms with Crippen LogP contribution < -0.4 is 5.32 Å². The van der Waals surface area contributed by atoms with Crippen LogP contribution in [0.2, 0.25) is 5.02 Å². The summed E-state index contributed by atoms with van der Waals surface area (Å²) in [4.78, 5) is 24.4. The number of rotatable bonds is 6. The highest BCUT2D eigenvalue weighted by molar-refractivity contribution is 7.11. The Bertz CT molecular complexity index is 728. The lowest BCUT2D eigenvalue weighted by Crippen LogP contribution is -2.35. The predicted octanol–water partition coefficient (Wildman–Crippen LogP) is 4.03. The summed E-state index contributed by atoms with van der Waals surface area (Å²) in [5.41, 5.74) is 0.560. The van der Waals surface area contributed by atoms with Crippen LogP contribution in [0.1, 0.15) is 46.4 Å². The van der Waals surface area contributed by atoms with Crippen molar-refractivity contribution in [3.05, 3.63) is 38.9 Å². The van der Waals surface area contributed by atoms with Gasteiger partial charge in [-0.25, -0.2) is 9.97 Å². The Labute approximate surface area is 157 Å². The van der Waals surface area contributed by atoms with E-state index in [4.69, 9.17) is 11.6 Å². The number of aryl methyl sites for hydroxylation is 1. The second kappa shape index (κ2) is 8.63. The summed E-state index contributed by atoms with van der Waals surface area (Å²) >= 11 is 8.05. The maximum absolute atomic E-state index is 12.5. The number of carbonyl (C=O) groups excluding carboxylic acids is 1. The van der Waals surface area contributed by atoms with E-state index in [0.717, 1.165) is 43.8 Å². The Kier molecular flexibility index (Phi) is 6.26. The zero-order valence-corrected chi connectivity index (χ0v) is 16.0. The fraction of sp³-hybridized carbons (Fsp3) is 0.500. The lowest BCUT2D eigenvalue weighted by atomic mass is 10.1. The van der Waals surface area contributed by atoms with Crippen molar-refractivity contribution in [1.82, 2.24) is 14.9 Å². The molecule has 1 aliphatic heterocycles. The number of hydrogen-bond donors (Lipinski definition) is 1. The number of halogens is 1. The van der Waals surface area contributed by atoms with Gasteiger partial charge in [0.2, 0.25) is 0 Å². The van der Waals surface area contributed by atoms with E-state index in [1.54, 1.807) is 23.6 Å². The number of hydrogen-bond acceptors (Lipinski definition) is 5. The third-order valence-electron chi connectivity index (χ3n) is 4.31. The van der Waals surface area contributed by atoms with Gasteiger partial charge in [0.1, 0.15) is 5.82 Å². The molecule has 7 heteroatoms. The summed E-state index contributed by atoms with van der Waals surface area (Å²) in [7, 11) is 0. The van der Waals surface area contributed by atoms with Crippen LogP contribution in [-0.4, -0.2) is 40.4 Å². The first-order valence-corrected chi connectivity index (χ1v) is 9.99. The minimum atomic E-state index is 0.0236. The summed E-state index contributed by atoms with van der Waals surface area (Å²) in [6.45, 7) is 4.49. The normalized spacial score (nSPS) is 14.6. The molecule has 2 aromatic heterocycles. The number of anilines is 1. The van der Waals surface area contributed by atoms with E-state index >= 15 is 0 Å². The number of carbonyl (C=O) groups is 1. The summed E-state index contributed by atoms with van der Waals surface area (Å²) in [5.74, 6) is 0.639. The number of thiazole rings is 1. The van der Waals surface area contributed by atoms with Gasteiger partial charge in [-0.1, -0.05) is 18.5 Å². The molecule has 0 bridgehead atoms. The first-order valence-electron chi connectivity index (χ1n) is 8.79. The van der Waals surface area contributed by atoms with E-state index in [9.17, 15) is 4.79 Å². The lowest BCUT2D eigenvalue weighted by Gasteiger charge is -2.26. The van der Waals surface area contributed by atoms with Gasteiger partial charge in [0.25, 0.3) is 5.91 Å². The molecule has 5 nitrogen and oxygen atoms in total. The number of aromatic nitrogens is 2. The molecule has 25 heavy (non-hydrogen) atoms. The minimum Gasteiger partial charge on any atom is -0.368 e. The standard InChI is InChI=1S/C18H23ClN4OS/c1-2-14-12-21-16(25-14)6-7-20-17-15(19)10-13(11-22-17)18(24)23-8-4-3-5-9-23/h10-12H,2-9H2,1H3,(H,20,22). The highest BCUT2D eigenvalue weighted by Gasteiger charge is 2.19. The zero-order chi connectivity index (χ0) is 17.6. The quantitative estimate of drug-likeness (QED) is 0.824. The van der Waals surface area contributed by atoms with Gasteiger partial charge in [-0.2, -0.15) is 0 Å². The number of amides is 1. The monoisotopic (exact) mass is 378 g/mol. The zero-order valence-electron chi connectivity index (χ0n) is 14.4. The molecule has 3 rings (SSSR count). The van der Waals surface area contributed by atoms with Crippen LogP contribution in [-0.2, 0) is 12.8 Å². The van der Waals surface area contributed by atoms with E-state index < -0.39 is 0 Å². The van der Waals surface area contributed by atoms with Crippen molar-refractivity contribution in [3.8, 4) is 0 Å². The molecule has 0 unspecified atom stereocenters. The molecular weight excluding hydrogens is 356 g/mol. The Hall–Kier alpha value is -1.66. The van der Waals surface area contributed by atoms with Gasteiger partial charge < -0.3 is 10.2 Å². The summed E-state index contributed by atoms with van der Waals surface area (Å²) in [5, 5.41) is 4.82. The molecule has 134 valence electrons. The van der Waals surface area contributed by atoms with Crippen LogP contribution in [0.5, 0.6) is 0 Å². The number of nitrogens with zero attached hydrogens (tertiary/aromatic N) is 3. The van der Waals surface area contributed by atoms with Crippen LogP contribution >= 0.6 is 22.9 Å². The smallest absolute Gasteiger partial charge is 0.255 e. The van der Waals surface area contributed by atoms with Crippen molar-refractivity contribution >= 4 is 34.7 Å². The highest BCUT2D eigenvalue weighted by atomic mass is 35.5. The second-order valence-electron chi connectivity index (χ2n) is 6.16. The number of piperidine rings is 1. The van der Waals surface area contributed by atoms with E-state index in [1.165, 1.54) is 11.3 Å². The van der Waals surface area contributed by atoms with Crippen molar-refractivity contribution < 1.29 is 4.79 Å². The maximum Gasteiger partial charge on any atom is 0.255 e. The fourth-order valence-electron chi connectivity index (χ4n) is 2.88. The van der Waals surface area contributed by atoms with Gasteiger partial charge in [-0.15, -0.1) is 11.3 Å². The maximum atomic E-state index is 12.5.